The Hall–Kier alpha value is -3.78. The molecule has 4 aromatic rings. The molecule has 1 aliphatic rings. The molecule has 0 spiro atoms. The van der Waals surface area contributed by atoms with Gasteiger partial charge < -0.3 is 10.2 Å². The summed E-state index contributed by atoms with van der Waals surface area (Å²) in [6, 6.07) is 18.5. The summed E-state index contributed by atoms with van der Waals surface area (Å²) in [7, 11) is 0. The number of rotatable bonds is 4. The number of hydrogen-bond acceptors (Lipinski definition) is 5. The van der Waals surface area contributed by atoms with Crippen LogP contribution in [0.15, 0.2) is 60.7 Å². The molecule has 1 aliphatic heterocycles. The molecule has 1 aromatic heterocycles. The second kappa shape index (κ2) is 8.39. The summed E-state index contributed by atoms with van der Waals surface area (Å²) in [5.74, 6) is 0.169. The molecule has 8 nitrogen and oxygen atoms in total. The van der Waals surface area contributed by atoms with E-state index in [0.717, 1.165) is 42.3 Å². The average Bonchev–Trinajstić information content (AvgIpc) is 3.51. The number of hydrogen-bond donors (Lipinski definition) is 2. The van der Waals surface area contributed by atoms with Gasteiger partial charge in [-0.1, -0.05) is 23.7 Å². The topological polar surface area (TPSA) is 99.8 Å². The Morgan fingerprint density at radius 1 is 0.969 bits per heavy atom. The van der Waals surface area contributed by atoms with Gasteiger partial charge in [-0.3, -0.25) is 10.2 Å². The Kier molecular flexibility index (Phi) is 5.28. The predicted molar refractivity (Wildman–Crippen MR) is 124 cm³/mol. The van der Waals surface area contributed by atoms with Gasteiger partial charge in [0.25, 0.3) is 5.91 Å². The fraction of sp³-hybridized carbons (Fsp3) is 0.174. The number of anilines is 1. The van der Waals surface area contributed by atoms with Gasteiger partial charge in [0, 0.05) is 29.4 Å². The van der Waals surface area contributed by atoms with E-state index in [0.29, 0.717) is 22.2 Å². The molecule has 2 heterocycles. The first-order valence-electron chi connectivity index (χ1n) is 10.3. The fourth-order valence-electron chi connectivity index (χ4n) is 3.86. The highest BCUT2D eigenvalue weighted by atomic mass is 35.5. The van der Waals surface area contributed by atoms with Crippen LogP contribution in [0.5, 0.6) is 0 Å². The number of amidine groups is 1. The molecule has 0 radical (unpaired) electrons. The number of amides is 1. The van der Waals surface area contributed by atoms with Gasteiger partial charge in [0.2, 0.25) is 5.82 Å². The molecule has 3 aromatic carbocycles. The van der Waals surface area contributed by atoms with Crippen molar-refractivity contribution in [2.45, 2.75) is 12.8 Å². The van der Waals surface area contributed by atoms with E-state index in [2.05, 4.69) is 25.7 Å². The smallest absolute Gasteiger partial charge is 0.295 e. The monoisotopic (exact) mass is 445 g/mol. The summed E-state index contributed by atoms with van der Waals surface area (Å²) in [5.41, 5.74) is 2.10. The number of halogens is 1. The third kappa shape index (κ3) is 3.92. The van der Waals surface area contributed by atoms with E-state index < -0.39 is 5.91 Å². The minimum atomic E-state index is -0.423. The van der Waals surface area contributed by atoms with Crippen molar-refractivity contribution in [2.75, 3.05) is 18.4 Å². The van der Waals surface area contributed by atoms with E-state index in [1.54, 1.807) is 12.1 Å². The maximum atomic E-state index is 12.9. The molecular formula is C23H20ClN7O. The lowest BCUT2D eigenvalue weighted by molar-refractivity contribution is 0.101. The van der Waals surface area contributed by atoms with E-state index in [4.69, 9.17) is 17.0 Å². The van der Waals surface area contributed by atoms with Crippen molar-refractivity contribution in [2.24, 2.45) is 0 Å². The largest absolute Gasteiger partial charge is 0.357 e. The Balaban J connectivity index is 1.34. The highest BCUT2D eigenvalue weighted by Crippen LogP contribution is 2.22. The molecule has 0 unspecified atom stereocenters. The van der Waals surface area contributed by atoms with Crippen molar-refractivity contribution in [1.82, 2.24) is 25.1 Å². The number of benzene rings is 3. The van der Waals surface area contributed by atoms with Gasteiger partial charge in [0.1, 0.15) is 5.84 Å². The molecule has 2 N–H and O–H groups in total. The van der Waals surface area contributed by atoms with E-state index in [1.165, 1.54) is 4.68 Å². The number of fused-ring (bicyclic) bond motifs is 1. The number of carbonyl (C=O) groups is 1. The number of tetrazole rings is 1. The number of aromatic nitrogens is 4. The van der Waals surface area contributed by atoms with Crippen molar-refractivity contribution >= 4 is 39.8 Å². The van der Waals surface area contributed by atoms with E-state index >= 15 is 0 Å². The van der Waals surface area contributed by atoms with Crippen LogP contribution in [-0.4, -0.2) is 49.9 Å². The van der Waals surface area contributed by atoms with Crippen LogP contribution >= 0.6 is 11.6 Å². The molecule has 9 heteroatoms. The number of nitrogens with one attached hydrogen (secondary N) is 2. The third-order valence-corrected chi connectivity index (χ3v) is 5.78. The summed E-state index contributed by atoms with van der Waals surface area (Å²) in [4.78, 5) is 14.9. The zero-order chi connectivity index (χ0) is 22.1. The minimum Gasteiger partial charge on any atom is -0.357 e. The zero-order valence-corrected chi connectivity index (χ0v) is 17.9. The summed E-state index contributed by atoms with van der Waals surface area (Å²) in [6.45, 7) is 1.84. The zero-order valence-electron chi connectivity index (χ0n) is 17.1. The van der Waals surface area contributed by atoms with Crippen molar-refractivity contribution < 1.29 is 4.79 Å². The normalized spacial score (nSPS) is 13.5. The summed E-state index contributed by atoms with van der Waals surface area (Å²) in [5, 5.41) is 25.4. The molecule has 0 aliphatic carbocycles. The molecule has 0 atom stereocenters. The molecule has 160 valence electrons. The molecule has 32 heavy (non-hydrogen) atoms. The second-order valence-corrected chi connectivity index (χ2v) is 8.10. The van der Waals surface area contributed by atoms with Gasteiger partial charge in [-0.2, -0.15) is 4.68 Å². The van der Waals surface area contributed by atoms with Gasteiger partial charge in [-0.05, 0) is 82.6 Å². The van der Waals surface area contributed by atoms with Crippen molar-refractivity contribution in [3.05, 3.63) is 77.1 Å². The predicted octanol–water partition coefficient (Wildman–Crippen LogP) is 4.14. The Morgan fingerprint density at radius 3 is 2.47 bits per heavy atom. The lowest BCUT2D eigenvalue weighted by Gasteiger charge is -2.18. The maximum absolute atomic E-state index is 12.9. The standard InChI is InChI=1S/C23H20ClN7O/c24-18-7-3-17-14-20(10-6-16(17)13-18)31-22(27-28-29-31)23(32)26-19-8-4-15(5-9-19)21(25)30-11-1-2-12-30/h3-10,13-14,25H,1-2,11-12H2,(H,26,32). The quantitative estimate of drug-likeness (QED) is 0.363. The molecule has 0 saturated carbocycles. The minimum absolute atomic E-state index is 0.0761. The van der Waals surface area contributed by atoms with Crippen LogP contribution in [0, 0.1) is 5.41 Å². The van der Waals surface area contributed by atoms with Crippen molar-refractivity contribution in [1.29, 1.82) is 5.41 Å². The van der Waals surface area contributed by atoms with Crippen LogP contribution in [0.1, 0.15) is 29.0 Å². The third-order valence-electron chi connectivity index (χ3n) is 5.54. The first-order valence-corrected chi connectivity index (χ1v) is 10.7. The van der Waals surface area contributed by atoms with Crippen LogP contribution in [0.25, 0.3) is 16.5 Å². The highest BCUT2D eigenvalue weighted by molar-refractivity contribution is 6.31. The van der Waals surface area contributed by atoms with Crippen molar-refractivity contribution in [3.8, 4) is 5.69 Å². The van der Waals surface area contributed by atoms with Gasteiger partial charge in [0.05, 0.1) is 5.69 Å². The van der Waals surface area contributed by atoms with Gasteiger partial charge in [-0.15, -0.1) is 5.10 Å². The molecule has 0 bridgehead atoms. The van der Waals surface area contributed by atoms with Gasteiger partial charge >= 0.3 is 0 Å². The van der Waals surface area contributed by atoms with E-state index in [1.807, 2.05) is 48.5 Å². The number of carbonyl (C=O) groups excluding carboxylic acids is 1. The van der Waals surface area contributed by atoms with Crippen LogP contribution < -0.4 is 5.32 Å². The molecule has 1 saturated heterocycles. The summed E-state index contributed by atoms with van der Waals surface area (Å²) in [6.07, 6.45) is 2.24. The first-order chi connectivity index (χ1) is 15.6. The molecule has 1 fully saturated rings. The maximum Gasteiger partial charge on any atom is 0.295 e. The average molecular weight is 446 g/mol. The highest BCUT2D eigenvalue weighted by Gasteiger charge is 2.19. The van der Waals surface area contributed by atoms with Crippen molar-refractivity contribution in [3.63, 3.8) is 0 Å². The number of nitrogens with zero attached hydrogens (tertiary/aromatic N) is 5. The Labute approximate surface area is 189 Å². The van der Waals surface area contributed by atoms with Crippen LogP contribution in [0.4, 0.5) is 5.69 Å². The molecular weight excluding hydrogens is 426 g/mol. The van der Waals surface area contributed by atoms with E-state index in [-0.39, 0.29) is 5.82 Å². The fourth-order valence-corrected chi connectivity index (χ4v) is 4.04. The Morgan fingerprint density at radius 2 is 1.69 bits per heavy atom. The second-order valence-electron chi connectivity index (χ2n) is 7.66. The van der Waals surface area contributed by atoms with Gasteiger partial charge in [0.15, 0.2) is 0 Å². The van der Waals surface area contributed by atoms with Crippen LogP contribution in [-0.2, 0) is 0 Å². The van der Waals surface area contributed by atoms with Crippen LogP contribution in [0.3, 0.4) is 0 Å². The number of likely N-dealkylation sites (tertiary alicyclic amines) is 1. The molecule has 5 rings (SSSR count). The first kappa shape index (κ1) is 20.1. The molecule has 1 amide bonds. The lowest BCUT2D eigenvalue weighted by Crippen LogP contribution is -2.27. The SMILES string of the molecule is N=C(c1ccc(NC(=O)c2nnnn2-c2ccc3cc(Cl)ccc3c2)cc1)N1CCCC1. The summed E-state index contributed by atoms with van der Waals surface area (Å²) < 4.78 is 1.40. The van der Waals surface area contributed by atoms with E-state index in [9.17, 15) is 4.79 Å². The summed E-state index contributed by atoms with van der Waals surface area (Å²) >= 11 is 6.06. The van der Waals surface area contributed by atoms with Gasteiger partial charge in [-0.25, -0.2) is 0 Å². The Bertz CT molecular complexity index is 1310. The van der Waals surface area contributed by atoms with Crippen LogP contribution in [0.2, 0.25) is 5.02 Å². The lowest BCUT2D eigenvalue weighted by atomic mass is 10.1.